The molecule has 1 aromatic rings. The monoisotopic (exact) mass is 374 g/mol. The quantitative estimate of drug-likeness (QED) is 0.754. The van der Waals surface area contributed by atoms with E-state index in [0.29, 0.717) is 11.7 Å². The minimum atomic E-state index is 0.112. The van der Waals surface area contributed by atoms with E-state index in [1.54, 1.807) is 11.8 Å². The number of amides is 2. The average Bonchev–Trinajstić information content (AvgIpc) is 2.96. The number of carbonyl (C=O) groups is 2. The lowest BCUT2D eigenvalue weighted by atomic mass is 9.95. The number of rotatable bonds is 4. The molecule has 3 rings (SSSR count). The van der Waals surface area contributed by atoms with Crippen molar-refractivity contribution in [2.45, 2.75) is 50.3 Å². The molecule has 0 bridgehead atoms. The average molecular weight is 375 g/mol. The van der Waals surface area contributed by atoms with E-state index in [9.17, 15) is 9.59 Å². The summed E-state index contributed by atoms with van der Waals surface area (Å²) in [5, 5.41) is 0. The lowest BCUT2D eigenvalue weighted by molar-refractivity contribution is -0.139. The maximum absolute atomic E-state index is 12.7. The third kappa shape index (κ3) is 5.03. The van der Waals surface area contributed by atoms with Gasteiger partial charge in [-0.3, -0.25) is 9.59 Å². The molecule has 1 aromatic carbocycles. The Morgan fingerprint density at radius 1 is 0.962 bits per heavy atom. The van der Waals surface area contributed by atoms with Gasteiger partial charge in [-0.15, -0.1) is 11.8 Å². The van der Waals surface area contributed by atoms with Gasteiger partial charge in [0.15, 0.2) is 0 Å². The SMILES string of the molecule is Cc1ccccc1SCC(=O)N1CCC(C(=O)N2CCCCCC2)CC1. The van der Waals surface area contributed by atoms with E-state index in [0.717, 1.165) is 51.9 Å². The van der Waals surface area contributed by atoms with Crippen LogP contribution in [0.2, 0.25) is 0 Å². The number of likely N-dealkylation sites (tertiary alicyclic amines) is 2. The van der Waals surface area contributed by atoms with E-state index in [2.05, 4.69) is 24.0 Å². The van der Waals surface area contributed by atoms with Gasteiger partial charge in [-0.05, 0) is 44.2 Å². The molecule has 2 saturated heterocycles. The lowest BCUT2D eigenvalue weighted by Gasteiger charge is -2.34. The Morgan fingerprint density at radius 3 is 2.27 bits per heavy atom. The summed E-state index contributed by atoms with van der Waals surface area (Å²) >= 11 is 1.61. The molecule has 0 spiro atoms. The molecule has 0 atom stereocenters. The van der Waals surface area contributed by atoms with E-state index in [4.69, 9.17) is 0 Å². The van der Waals surface area contributed by atoms with Crippen LogP contribution >= 0.6 is 11.8 Å². The highest BCUT2D eigenvalue weighted by molar-refractivity contribution is 8.00. The van der Waals surface area contributed by atoms with Crippen LogP contribution in [0.15, 0.2) is 29.2 Å². The second kappa shape index (κ2) is 9.45. The molecule has 0 N–H and O–H groups in total. The maximum atomic E-state index is 12.7. The molecule has 2 fully saturated rings. The van der Waals surface area contributed by atoms with Crippen molar-refractivity contribution in [2.24, 2.45) is 5.92 Å². The number of aryl methyl sites for hydroxylation is 1. The van der Waals surface area contributed by atoms with Gasteiger partial charge in [0.2, 0.25) is 11.8 Å². The van der Waals surface area contributed by atoms with Crippen LogP contribution in [0, 0.1) is 12.8 Å². The van der Waals surface area contributed by atoms with Gasteiger partial charge in [0.05, 0.1) is 5.75 Å². The van der Waals surface area contributed by atoms with Crippen LogP contribution < -0.4 is 0 Å². The first-order valence-electron chi connectivity index (χ1n) is 9.90. The maximum Gasteiger partial charge on any atom is 0.232 e. The smallest absolute Gasteiger partial charge is 0.232 e. The van der Waals surface area contributed by atoms with Crippen LogP contribution in [0.5, 0.6) is 0 Å². The van der Waals surface area contributed by atoms with Crippen LogP contribution in [0.25, 0.3) is 0 Å². The summed E-state index contributed by atoms with van der Waals surface area (Å²) < 4.78 is 0. The van der Waals surface area contributed by atoms with E-state index in [1.807, 2.05) is 17.0 Å². The highest BCUT2D eigenvalue weighted by atomic mass is 32.2. The zero-order valence-corrected chi connectivity index (χ0v) is 16.6. The minimum absolute atomic E-state index is 0.112. The van der Waals surface area contributed by atoms with Crippen molar-refractivity contribution < 1.29 is 9.59 Å². The standard InChI is InChI=1S/C21H30N2O2S/c1-17-8-4-5-9-19(17)26-16-20(24)22-14-10-18(11-15-22)21(25)23-12-6-2-3-7-13-23/h4-5,8-9,18H,2-3,6-7,10-16H2,1H3. The Balaban J connectivity index is 1.44. The molecule has 0 aliphatic carbocycles. The Kier molecular flexibility index (Phi) is 7.00. The number of benzene rings is 1. The lowest BCUT2D eigenvalue weighted by Crippen LogP contribution is -2.45. The van der Waals surface area contributed by atoms with Crippen LogP contribution in [-0.2, 0) is 9.59 Å². The van der Waals surface area contributed by atoms with E-state index in [1.165, 1.54) is 23.3 Å². The van der Waals surface area contributed by atoms with Crippen molar-refractivity contribution in [3.05, 3.63) is 29.8 Å². The van der Waals surface area contributed by atoms with Crippen LogP contribution in [0.1, 0.15) is 44.1 Å². The highest BCUT2D eigenvalue weighted by Crippen LogP contribution is 2.25. The fourth-order valence-electron chi connectivity index (χ4n) is 3.87. The van der Waals surface area contributed by atoms with E-state index >= 15 is 0 Å². The molecule has 142 valence electrons. The molecule has 0 aromatic heterocycles. The fraction of sp³-hybridized carbons (Fsp3) is 0.619. The van der Waals surface area contributed by atoms with Gasteiger partial charge in [0.25, 0.3) is 0 Å². The number of thioether (sulfide) groups is 1. The fourth-order valence-corrected chi connectivity index (χ4v) is 4.81. The van der Waals surface area contributed by atoms with Crippen molar-refractivity contribution >= 4 is 23.6 Å². The Hall–Kier alpha value is -1.49. The summed E-state index contributed by atoms with van der Waals surface area (Å²) in [4.78, 5) is 30.5. The van der Waals surface area contributed by atoms with Gasteiger partial charge in [0.1, 0.15) is 0 Å². The molecule has 4 nitrogen and oxygen atoms in total. The predicted octanol–water partition coefficient (Wildman–Crippen LogP) is 3.73. The first-order chi connectivity index (χ1) is 12.6. The summed E-state index contributed by atoms with van der Waals surface area (Å²) in [6.07, 6.45) is 6.40. The number of piperidine rings is 1. The zero-order valence-electron chi connectivity index (χ0n) is 15.8. The van der Waals surface area contributed by atoms with Crippen molar-refractivity contribution in [3.63, 3.8) is 0 Å². The Labute approximate surface area is 161 Å². The molecule has 2 aliphatic heterocycles. The second-order valence-electron chi connectivity index (χ2n) is 7.45. The molecule has 2 aliphatic rings. The molecular weight excluding hydrogens is 344 g/mol. The highest BCUT2D eigenvalue weighted by Gasteiger charge is 2.30. The Morgan fingerprint density at radius 2 is 1.62 bits per heavy atom. The van der Waals surface area contributed by atoms with Crippen LogP contribution in [0.4, 0.5) is 0 Å². The topological polar surface area (TPSA) is 40.6 Å². The summed E-state index contributed by atoms with van der Waals surface area (Å²) in [7, 11) is 0. The molecule has 5 heteroatoms. The summed E-state index contributed by atoms with van der Waals surface area (Å²) in [5.41, 5.74) is 1.21. The van der Waals surface area contributed by atoms with E-state index < -0.39 is 0 Å². The zero-order chi connectivity index (χ0) is 18.4. The van der Waals surface area contributed by atoms with Crippen molar-refractivity contribution in [3.8, 4) is 0 Å². The van der Waals surface area contributed by atoms with Gasteiger partial charge in [-0.2, -0.15) is 0 Å². The minimum Gasteiger partial charge on any atom is -0.342 e. The molecular formula is C21H30N2O2S. The van der Waals surface area contributed by atoms with Gasteiger partial charge in [0, 0.05) is 37.0 Å². The van der Waals surface area contributed by atoms with Crippen molar-refractivity contribution in [1.82, 2.24) is 9.80 Å². The van der Waals surface area contributed by atoms with Crippen molar-refractivity contribution in [2.75, 3.05) is 31.9 Å². The summed E-state index contributed by atoms with van der Waals surface area (Å²) in [5.74, 6) is 1.11. The predicted molar refractivity (Wildman–Crippen MR) is 106 cm³/mol. The molecule has 2 heterocycles. The normalized spacial score (nSPS) is 19.3. The largest absolute Gasteiger partial charge is 0.342 e. The molecule has 0 saturated carbocycles. The molecule has 0 radical (unpaired) electrons. The van der Waals surface area contributed by atoms with Crippen LogP contribution in [-0.4, -0.2) is 53.5 Å². The molecule has 2 amide bonds. The van der Waals surface area contributed by atoms with Gasteiger partial charge in [-0.1, -0.05) is 31.0 Å². The van der Waals surface area contributed by atoms with Crippen LogP contribution in [0.3, 0.4) is 0 Å². The summed E-state index contributed by atoms with van der Waals surface area (Å²) in [6.45, 7) is 5.36. The number of carbonyl (C=O) groups excluding carboxylic acids is 2. The molecule has 26 heavy (non-hydrogen) atoms. The van der Waals surface area contributed by atoms with E-state index in [-0.39, 0.29) is 11.8 Å². The molecule has 0 unspecified atom stereocenters. The Bertz CT molecular complexity index is 618. The third-order valence-corrected chi connectivity index (χ3v) is 6.72. The number of hydrogen-bond acceptors (Lipinski definition) is 3. The van der Waals surface area contributed by atoms with Gasteiger partial charge >= 0.3 is 0 Å². The first kappa shape index (κ1) is 19.3. The first-order valence-corrected chi connectivity index (χ1v) is 10.9. The van der Waals surface area contributed by atoms with Crippen molar-refractivity contribution in [1.29, 1.82) is 0 Å². The third-order valence-electron chi connectivity index (χ3n) is 5.56. The number of nitrogens with zero attached hydrogens (tertiary/aromatic N) is 2. The van der Waals surface area contributed by atoms with Gasteiger partial charge < -0.3 is 9.80 Å². The van der Waals surface area contributed by atoms with Gasteiger partial charge in [-0.25, -0.2) is 0 Å². The second-order valence-corrected chi connectivity index (χ2v) is 8.47. The summed E-state index contributed by atoms with van der Waals surface area (Å²) in [6, 6.07) is 8.18. The number of hydrogen-bond donors (Lipinski definition) is 0.